The molecule has 1 fully saturated rings. The van der Waals surface area contributed by atoms with Crippen molar-refractivity contribution in [1.29, 1.82) is 0 Å². The van der Waals surface area contributed by atoms with E-state index in [0.29, 0.717) is 6.54 Å². The summed E-state index contributed by atoms with van der Waals surface area (Å²) in [6.07, 6.45) is 0.727. The molecule has 0 bridgehead atoms. The lowest BCUT2D eigenvalue weighted by molar-refractivity contribution is 0.405. The van der Waals surface area contributed by atoms with Crippen LogP contribution in [-0.2, 0) is 0 Å². The zero-order valence-corrected chi connectivity index (χ0v) is 9.48. The third-order valence-corrected chi connectivity index (χ3v) is 3.05. The van der Waals surface area contributed by atoms with Crippen LogP contribution in [0.15, 0.2) is 0 Å². The molecule has 1 aliphatic heterocycles. The summed E-state index contributed by atoms with van der Waals surface area (Å²) >= 11 is 0. The Morgan fingerprint density at radius 3 is 2.00 bits per heavy atom. The molecule has 94 valence electrons. The maximum Gasteiger partial charge on any atom is 0.253 e. The Hall–Kier alpha value is -1.33. The van der Waals surface area contributed by atoms with E-state index >= 15 is 0 Å². The topological polar surface area (TPSA) is 16.1 Å². The van der Waals surface area contributed by atoms with Gasteiger partial charge in [-0.25, -0.2) is 0 Å². The van der Waals surface area contributed by atoms with Gasteiger partial charge in [-0.1, -0.05) is 6.92 Å². The highest BCUT2D eigenvalue weighted by atomic mass is 19.2. The second-order valence-corrected chi connectivity index (χ2v) is 4.51. The van der Waals surface area contributed by atoms with Crippen molar-refractivity contribution in [2.75, 3.05) is 11.4 Å². The molecule has 1 aromatic heterocycles. The average molecular weight is 248 g/mol. The first-order chi connectivity index (χ1) is 7.91. The van der Waals surface area contributed by atoms with Crippen molar-refractivity contribution in [2.45, 2.75) is 26.3 Å². The fourth-order valence-corrected chi connectivity index (χ4v) is 2.34. The van der Waals surface area contributed by atoms with Crippen LogP contribution in [0.2, 0.25) is 0 Å². The molecule has 2 nitrogen and oxygen atoms in total. The van der Waals surface area contributed by atoms with Gasteiger partial charge in [0.15, 0.2) is 0 Å². The lowest BCUT2D eigenvalue weighted by atomic mass is 10.1. The predicted octanol–water partition coefficient (Wildman–Crippen LogP) is 2.87. The first kappa shape index (κ1) is 12.1. The number of anilines is 1. The third kappa shape index (κ3) is 1.96. The number of hydrogen-bond acceptors (Lipinski definition) is 2. The molecule has 0 aromatic carbocycles. The summed E-state index contributed by atoms with van der Waals surface area (Å²) in [4.78, 5) is 3.89. The first-order valence-corrected chi connectivity index (χ1v) is 5.38. The van der Waals surface area contributed by atoms with E-state index < -0.39 is 29.2 Å². The van der Waals surface area contributed by atoms with Gasteiger partial charge in [0.1, 0.15) is 5.69 Å². The molecular formula is C11H12F4N2. The minimum Gasteiger partial charge on any atom is -0.364 e. The van der Waals surface area contributed by atoms with Crippen LogP contribution in [0.5, 0.6) is 0 Å². The van der Waals surface area contributed by atoms with Gasteiger partial charge in [0, 0.05) is 12.6 Å². The van der Waals surface area contributed by atoms with Gasteiger partial charge in [-0.2, -0.15) is 22.5 Å². The average Bonchev–Trinajstić information content (AvgIpc) is 2.56. The van der Waals surface area contributed by atoms with Crippen LogP contribution in [0.3, 0.4) is 0 Å². The monoisotopic (exact) mass is 248 g/mol. The molecule has 2 heterocycles. The van der Waals surface area contributed by atoms with E-state index in [2.05, 4.69) is 4.98 Å². The molecule has 2 atom stereocenters. The standard InChI is InChI=1S/C11H12F4N2/c1-5-3-6(2)17(4-5)9-7(12)10(14)16-11(15)8(9)13/h5-6H,3-4H2,1-2H3. The Bertz CT molecular complexity index is 423. The van der Waals surface area contributed by atoms with Crippen molar-refractivity contribution < 1.29 is 17.6 Å². The van der Waals surface area contributed by atoms with E-state index in [1.54, 1.807) is 6.92 Å². The highest BCUT2D eigenvalue weighted by Gasteiger charge is 2.33. The second-order valence-electron chi connectivity index (χ2n) is 4.51. The molecule has 0 saturated carbocycles. The van der Waals surface area contributed by atoms with E-state index in [4.69, 9.17) is 0 Å². The molecule has 0 aliphatic carbocycles. The largest absolute Gasteiger partial charge is 0.364 e. The van der Waals surface area contributed by atoms with Crippen molar-refractivity contribution in [3.63, 3.8) is 0 Å². The highest BCUT2D eigenvalue weighted by Crippen LogP contribution is 2.33. The molecule has 6 heteroatoms. The molecule has 17 heavy (non-hydrogen) atoms. The maximum atomic E-state index is 13.5. The van der Waals surface area contributed by atoms with E-state index in [9.17, 15) is 17.6 Å². The second kappa shape index (κ2) is 4.16. The quantitative estimate of drug-likeness (QED) is 0.561. The molecule has 0 spiro atoms. The Morgan fingerprint density at radius 1 is 1.06 bits per heavy atom. The summed E-state index contributed by atoms with van der Waals surface area (Å²) in [6.45, 7) is 4.05. The van der Waals surface area contributed by atoms with Crippen molar-refractivity contribution in [1.82, 2.24) is 4.98 Å². The third-order valence-electron chi connectivity index (χ3n) is 3.05. The summed E-state index contributed by atoms with van der Waals surface area (Å²) in [5.74, 6) is -5.84. The molecule has 1 saturated heterocycles. The van der Waals surface area contributed by atoms with Gasteiger partial charge in [0.05, 0.1) is 0 Å². The maximum absolute atomic E-state index is 13.5. The van der Waals surface area contributed by atoms with Gasteiger partial charge >= 0.3 is 0 Å². The number of halogens is 4. The molecule has 1 aliphatic rings. The van der Waals surface area contributed by atoms with Gasteiger partial charge in [0.2, 0.25) is 11.6 Å². The van der Waals surface area contributed by atoms with Crippen molar-refractivity contribution in [3.05, 3.63) is 23.5 Å². The van der Waals surface area contributed by atoms with Crippen LogP contribution in [0, 0.1) is 29.4 Å². The fraction of sp³-hybridized carbons (Fsp3) is 0.545. The molecule has 0 N–H and O–H groups in total. The Balaban J connectivity index is 2.51. The van der Waals surface area contributed by atoms with Crippen LogP contribution in [0.1, 0.15) is 20.3 Å². The number of hydrogen-bond donors (Lipinski definition) is 0. The smallest absolute Gasteiger partial charge is 0.253 e. The summed E-state index contributed by atoms with van der Waals surface area (Å²) in [5.41, 5.74) is -0.646. The summed E-state index contributed by atoms with van der Waals surface area (Å²) in [5, 5.41) is 0. The van der Waals surface area contributed by atoms with E-state index in [-0.39, 0.29) is 12.0 Å². The molecule has 1 aromatic rings. The van der Waals surface area contributed by atoms with Gasteiger partial charge < -0.3 is 4.90 Å². The zero-order valence-electron chi connectivity index (χ0n) is 9.48. The molecule has 0 radical (unpaired) electrons. The van der Waals surface area contributed by atoms with Gasteiger partial charge in [-0.3, -0.25) is 0 Å². The van der Waals surface area contributed by atoms with Crippen LogP contribution < -0.4 is 4.90 Å². The van der Waals surface area contributed by atoms with E-state index in [1.165, 1.54) is 4.90 Å². The Morgan fingerprint density at radius 2 is 1.59 bits per heavy atom. The van der Waals surface area contributed by atoms with Gasteiger partial charge in [-0.15, -0.1) is 0 Å². The van der Waals surface area contributed by atoms with E-state index in [0.717, 1.165) is 6.42 Å². The number of aromatic nitrogens is 1. The van der Waals surface area contributed by atoms with Crippen LogP contribution in [-0.4, -0.2) is 17.6 Å². The minimum atomic E-state index is -1.61. The van der Waals surface area contributed by atoms with Crippen molar-refractivity contribution in [2.24, 2.45) is 5.92 Å². The highest BCUT2D eigenvalue weighted by molar-refractivity contribution is 5.50. The first-order valence-electron chi connectivity index (χ1n) is 5.38. The summed E-state index contributed by atoms with van der Waals surface area (Å²) in [7, 11) is 0. The SMILES string of the molecule is CC1CC(C)N(c2c(F)c(F)nc(F)c2F)C1. The molecule has 2 rings (SSSR count). The van der Waals surface area contributed by atoms with E-state index in [1.807, 2.05) is 6.92 Å². The number of nitrogens with zero attached hydrogens (tertiary/aromatic N) is 2. The van der Waals surface area contributed by atoms with Crippen LogP contribution >= 0.6 is 0 Å². The van der Waals surface area contributed by atoms with Gasteiger partial charge in [-0.05, 0) is 19.3 Å². The zero-order chi connectivity index (χ0) is 12.7. The van der Waals surface area contributed by atoms with Crippen molar-refractivity contribution in [3.8, 4) is 0 Å². The Labute approximate surface area is 96.3 Å². The molecular weight excluding hydrogens is 236 g/mol. The molecule has 0 amide bonds. The minimum absolute atomic E-state index is 0.157. The number of pyridine rings is 1. The van der Waals surface area contributed by atoms with Crippen molar-refractivity contribution >= 4 is 5.69 Å². The number of rotatable bonds is 1. The summed E-state index contributed by atoms with van der Waals surface area (Å²) < 4.78 is 53.0. The van der Waals surface area contributed by atoms with Crippen LogP contribution in [0.4, 0.5) is 23.2 Å². The normalized spacial score (nSPS) is 24.5. The lowest BCUT2D eigenvalue weighted by Crippen LogP contribution is -2.29. The van der Waals surface area contributed by atoms with Crippen LogP contribution in [0.25, 0.3) is 0 Å². The van der Waals surface area contributed by atoms with Gasteiger partial charge in [0.25, 0.3) is 11.9 Å². The molecule has 2 unspecified atom stereocenters. The lowest BCUT2D eigenvalue weighted by Gasteiger charge is -2.24. The Kier molecular flexibility index (Phi) is 2.97. The fourth-order valence-electron chi connectivity index (χ4n) is 2.34. The summed E-state index contributed by atoms with van der Waals surface area (Å²) in [6, 6.07) is -0.157. The predicted molar refractivity (Wildman–Crippen MR) is 54.7 cm³/mol.